The van der Waals surface area contributed by atoms with Gasteiger partial charge in [0.25, 0.3) is 0 Å². The summed E-state index contributed by atoms with van der Waals surface area (Å²) in [4.78, 5) is 9.11. The Labute approximate surface area is 152 Å². The van der Waals surface area contributed by atoms with Crippen LogP contribution in [0.2, 0.25) is 0 Å². The third-order valence-electron chi connectivity index (χ3n) is 4.67. The van der Waals surface area contributed by atoms with E-state index < -0.39 is 6.10 Å². The minimum atomic E-state index is -0.432. The van der Waals surface area contributed by atoms with E-state index in [2.05, 4.69) is 65.3 Å². The van der Waals surface area contributed by atoms with Crippen molar-refractivity contribution < 1.29 is 5.11 Å². The highest BCUT2D eigenvalue weighted by atomic mass is 16.3. The number of rotatable bonds is 8. The Hall–Kier alpha value is -1.59. The van der Waals surface area contributed by atoms with E-state index in [1.165, 1.54) is 17.5 Å². The van der Waals surface area contributed by atoms with Crippen molar-refractivity contribution in [2.75, 3.05) is 39.8 Å². The molecule has 0 saturated heterocycles. The normalized spacial score (nSPS) is 16.4. The Morgan fingerprint density at radius 1 is 1.32 bits per heavy atom. The first-order valence-electron chi connectivity index (χ1n) is 9.60. The van der Waals surface area contributed by atoms with Crippen LogP contribution in [0.15, 0.2) is 29.3 Å². The highest BCUT2D eigenvalue weighted by Crippen LogP contribution is 2.18. The van der Waals surface area contributed by atoms with E-state index in [-0.39, 0.29) is 0 Å². The number of aliphatic hydroxyl groups excluding tert-OH is 1. The van der Waals surface area contributed by atoms with Crippen LogP contribution in [0.1, 0.15) is 37.8 Å². The fraction of sp³-hybridized carbons (Fsp3) is 0.650. The number of unbranched alkanes of at least 4 members (excludes halogenated alkanes) is 1. The molecule has 25 heavy (non-hydrogen) atoms. The minimum absolute atomic E-state index is 0.432. The van der Waals surface area contributed by atoms with Gasteiger partial charge in [0.1, 0.15) is 0 Å². The van der Waals surface area contributed by atoms with Gasteiger partial charge in [-0.25, -0.2) is 0 Å². The maximum absolute atomic E-state index is 10.4. The van der Waals surface area contributed by atoms with Crippen molar-refractivity contribution in [2.45, 2.75) is 45.8 Å². The van der Waals surface area contributed by atoms with Gasteiger partial charge in [0.2, 0.25) is 0 Å². The van der Waals surface area contributed by atoms with Crippen LogP contribution in [0.4, 0.5) is 0 Å². The van der Waals surface area contributed by atoms with Crippen LogP contribution < -0.4 is 5.32 Å². The zero-order valence-electron chi connectivity index (χ0n) is 16.0. The molecule has 1 atom stereocenters. The zero-order chi connectivity index (χ0) is 18.1. The second-order valence-electron chi connectivity index (χ2n) is 6.88. The fourth-order valence-electron chi connectivity index (χ4n) is 3.23. The molecule has 0 aromatic heterocycles. The molecule has 5 heteroatoms. The number of benzene rings is 1. The lowest BCUT2D eigenvalue weighted by atomic mass is 10.00. The lowest BCUT2D eigenvalue weighted by molar-refractivity contribution is 0.111. The van der Waals surface area contributed by atoms with E-state index in [0.29, 0.717) is 13.1 Å². The second kappa shape index (κ2) is 10.4. The minimum Gasteiger partial charge on any atom is -0.390 e. The van der Waals surface area contributed by atoms with E-state index in [4.69, 9.17) is 0 Å². The Bertz CT molecular complexity index is 546. The lowest BCUT2D eigenvalue weighted by Gasteiger charge is -2.30. The summed E-state index contributed by atoms with van der Waals surface area (Å²) < 4.78 is 0. The van der Waals surface area contributed by atoms with E-state index in [1.807, 2.05) is 0 Å². The number of guanidine groups is 1. The predicted molar refractivity (Wildman–Crippen MR) is 105 cm³/mol. The molecule has 1 aromatic rings. The summed E-state index contributed by atoms with van der Waals surface area (Å²) in [6, 6.07) is 8.60. The van der Waals surface area contributed by atoms with Gasteiger partial charge in [0, 0.05) is 39.8 Å². The highest BCUT2D eigenvalue weighted by molar-refractivity contribution is 5.79. The van der Waals surface area contributed by atoms with Crippen LogP contribution in [0, 0.1) is 0 Å². The maximum Gasteiger partial charge on any atom is 0.193 e. The van der Waals surface area contributed by atoms with Gasteiger partial charge < -0.3 is 15.3 Å². The third-order valence-corrected chi connectivity index (χ3v) is 4.67. The maximum atomic E-state index is 10.4. The smallest absolute Gasteiger partial charge is 0.193 e. The van der Waals surface area contributed by atoms with Gasteiger partial charge in [-0.3, -0.25) is 9.89 Å². The number of aliphatic imine (C=N–C) groups is 1. The summed E-state index contributed by atoms with van der Waals surface area (Å²) >= 11 is 0. The number of nitrogens with zero attached hydrogens (tertiary/aromatic N) is 3. The number of hydrogen-bond donors (Lipinski definition) is 2. The number of fused-ring (bicyclic) bond motifs is 1. The van der Waals surface area contributed by atoms with Gasteiger partial charge in [-0.05, 0) is 30.9 Å². The quantitative estimate of drug-likeness (QED) is 0.559. The van der Waals surface area contributed by atoms with Crippen molar-refractivity contribution >= 4 is 5.96 Å². The summed E-state index contributed by atoms with van der Waals surface area (Å²) in [5, 5.41) is 13.7. The molecule has 0 bridgehead atoms. The van der Waals surface area contributed by atoms with Crippen LogP contribution in [0.5, 0.6) is 0 Å². The standard InChI is InChI=1S/C20H34N4O/c1-4-6-12-23(3)20(21-5-2)22-14-19(25)16-24-13-11-17-9-7-8-10-18(17)15-24/h7-10,19,25H,4-6,11-16H2,1-3H3,(H,21,22). The van der Waals surface area contributed by atoms with Crippen LogP contribution in [0.3, 0.4) is 0 Å². The molecule has 0 spiro atoms. The number of aliphatic hydroxyl groups is 1. The monoisotopic (exact) mass is 346 g/mol. The van der Waals surface area contributed by atoms with Gasteiger partial charge in [-0.15, -0.1) is 0 Å². The predicted octanol–water partition coefficient (Wildman–Crippen LogP) is 2.10. The van der Waals surface area contributed by atoms with Crippen LogP contribution in [-0.2, 0) is 13.0 Å². The number of hydrogen-bond acceptors (Lipinski definition) is 3. The molecule has 0 amide bonds. The first kappa shape index (κ1) is 19.7. The molecule has 140 valence electrons. The average Bonchev–Trinajstić information content (AvgIpc) is 2.63. The molecular formula is C20H34N4O. The van der Waals surface area contributed by atoms with Gasteiger partial charge in [-0.2, -0.15) is 0 Å². The Morgan fingerprint density at radius 2 is 2.08 bits per heavy atom. The topological polar surface area (TPSA) is 51.1 Å². The van der Waals surface area contributed by atoms with Crippen LogP contribution in [-0.4, -0.2) is 66.7 Å². The third kappa shape index (κ3) is 6.33. The van der Waals surface area contributed by atoms with E-state index in [0.717, 1.165) is 45.0 Å². The summed E-state index contributed by atoms with van der Waals surface area (Å²) in [7, 11) is 2.06. The number of nitrogens with one attached hydrogen (secondary N) is 1. The molecule has 1 aliphatic heterocycles. The van der Waals surface area contributed by atoms with Crippen molar-refractivity contribution in [2.24, 2.45) is 4.99 Å². The molecule has 5 nitrogen and oxygen atoms in total. The van der Waals surface area contributed by atoms with E-state index >= 15 is 0 Å². The molecule has 1 aromatic carbocycles. The summed E-state index contributed by atoms with van der Waals surface area (Å²) in [6.07, 6.45) is 2.95. The first-order chi connectivity index (χ1) is 12.1. The van der Waals surface area contributed by atoms with Crippen LogP contribution in [0.25, 0.3) is 0 Å². The van der Waals surface area contributed by atoms with Crippen molar-refractivity contribution in [3.63, 3.8) is 0 Å². The van der Waals surface area contributed by atoms with Crippen LogP contribution >= 0.6 is 0 Å². The molecule has 1 heterocycles. The molecule has 0 fully saturated rings. The fourth-order valence-corrected chi connectivity index (χ4v) is 3.23. The molecular weight excluding hydrogens is 312 g/mol. The molecule has 1 unspecified atom stereocenters. The molecule has 2 rings (SSSR count). The molecule has 0 saturated carbocycles. The highest BCUT2D eigenvalue weighted by Gasteiger charge is 2.18. The summed E-state index contributed by atoms with van der Waals surface area (Å²) in [5.41, 5.74) is 2.83. The molecule has 1 aliphatic rings. The van der Waals surface area contributed by atoms with Gasteiger partial charge in [-0.1, -0.05) is 37.6 Å². The van der Waals surface area contributed by atoms with Crippen molar-refractivity contribution in [3.05, 3.63) is 35.4 Å². The summed E-state index contributed by atoms with van der Waals surface area (Å²) in [6.45, 7) is 9.15. The van der Waals surface area contributed by atoms with Gasteiger partial charge >= 0.3 is 0 Å². The van der Waals surface area contributed by atoms with Crippen molar-refractivity contribution in [3.8, 4) is 0 Å². The van der Waals surface area contributed by atoms with E-state index in [9.17, 15) is 5.11 Å². The number of β-amino-alcohol motifs (C(OH)–C–C–N with tert-alkyl or cyclic N) is 1. The Kier molecular flexibility index (Phi) is 8.22. The SMILES string of the molecule is CCCCN(C)C(=NCC(O)CN1CCc2ccccc2C1)NCC. The largest absolute Gasteiger partial charge is 0.390 e. The van der Waals surface area contributed by atoms with Crippen molar-refractivity contribution in [1.82, 2.24) is 15.1 Å². The second-order valence-corrected chi connectivity index (χ2v) is 6.88. The molecule has 0 aliphatic carbocycles. The molecule has 2 N–H and O–H groups in total. The lowest BCUT2D eigenvalue weighted by Crippen LogP contribution is -2.41. The Balaban J connectivity index is 1.84. The zero-order valence-corrected chi connectivity index (χ0v) is 16.0. The van der Waals surface area contributed by atoms with Gasteiger partial charge in [0.15, 0.2) is 5.96 Å². The van der Waals surface area contributed by atoms with E-state index in [1.54, 1.807) is 0 Å². The van der Waals surface area contributed by atoms with Gasteiger partial charge in [0.05, 0.1) is 12.6 Å². The average molecular weight is 347 g/mol. The molecule has 0 radical (unpaired) electrons. The first-order valence-corrected chi connectivity index (χ1v) is 9.60. The Morgan fingerprint density at radius 3 is 2.80 bits per heavy atom. The summed E-state index contributed by atoms with van der Waals surface area (Å²) in [5.74, 6) is 0.888. The van der Waals surface area contributed by atoms with Crippen molar-refractivity contribution in [1.29, 1.82) is 0 Å².